The number of anilines is 1. The van der Waals surface area contributed by atoms with Gasteiger partial charge in [-0.15, -0.1) is 0 Å². The topological polar surface area (TPSA) is 119 Å². The number of nitrogens with zero attached hydrogens (tertiary/aromatic N) is 2. The van der Waals surface area contributed by atoms with Crippen LogP contribution in [0.1, 0.15) is 24.3 Å². The van der Waals surface area contributed by atoms with Crippen LogP contribution in [0.15, 0.2) is 21.3 Å². The summed E-state index contributed by atoms with van der Waals surface area (Å²) in [6.07, 6.45) is 1.31. The normalized spacial score (nSPS) is 16.9. The number of aryl methyl sites for hydroxylation is 2. The SMILES string of the molecule is Cc1cc(-c2sc(NC(=O)N3CCC[C@H]3C(N)=O)nc2C)cc(=O)o1. The molecule has 0 saturated carbocycles. The third-order valence-electron chi connectivity index (χ3n) is 4.01. The van der Waals surface area contributed by atoms with Gasteiger partial charge in [-0.1, -0.05) is 11.3 Å². The summed E-state index contributed by atoms with van der Waals surface area (Å²) in [5, 5.41) is 3.12. The molecule has 25 heavy (non-hydrogen) atoms. The first kappa shape index (κ1) is 17.2. The lowest BCUT2D eigenvalue weighted by atomic mass is 10.2. The maximum absolute atomic E-state index is 12.4. The Bertz CT molecular complexity index is 889. The molecule has 9 heteroatoms. The largest absolute Gasteiger partial charge is 0.428 e. The fourth-order valence-electron chi connectivity index (χ4n) is 2.92. The van der Waals surface area contributed by atoms with Gasteiger partial charge < -0.3 is 15.1 Å². The van der Waals surface area contributed by atoms with Crippen molar-refractivity contribution in [3.63, 3.8) is 0 Å². The minimum atomic E-state index is -0.582. The number of aromatic nitrogens is 1. The molecule has 0 aromatic carbocycles. The molecule has 3 N–H and O–H groups in total. The van der Waals surface area contributed by atoms with Crippen LogP contribution in [0.4, 0.5) is 9.93 Å². The van der Waals surface area contributed by atoms with Gasteiger partial charge in [0.1, 0.15) is 11.8 Å². The average molecular weight is 362 g/mol. The maximum Gasteiger partial charge on any atom is 0.336 e. The molecule has 0 radical (unpaired) electrons. The number of primary amides is 1. The number of thiazole rings is 1. The molecule has 0 spiro atoms. The van der Waals surface area contributed by atoms with Crippen LogP contribution in [0.2, 0.25) is 0 Å². The highest BCUT2D eigenvalue weighted by Crippen LogP contribution is 2.33. The van der Waals surface area contributed by atoms with Gasteiger partial charge in [0.2, 0.25) is 5.91 Å². The number of nitrogens with one attached hydrogen (secondary N) is 1. The first-order valence-corrected chi connectivity index (χ1v) is 8.63. The molecule has 2 aromatic rings. The third-order valence-corrected chi connectivity index (χ3v) is 5.13. The first-order chi connectivity index (χ1) is 11.8. The van der Waals surface area contributed by atoms with E-state index in [1.807, 2.05) is 0 Å². The second-order valence-corrected chi connectivity index (χ2v) is 6.89. The molecular weight excluding hydrogens is 344 g/mol. The summed E-state index contributed by atoms with van der Waals surface area (Å²) in [5.74, 6) is -0.00241. The summed E-state index contributed by atoms with van der Waals surface area (Å²) in [5.41, 5.74) is 6.29. The van der Waals surface area contributed by atoms with E-state index in [-0.39, 0.29) is 0 Å². The Morgan fingerprint density at radius 1 is 1.40 bits per heavy atom. The summed E-state index contributed by atoms with van der Waals surface area (Å²) < 4.78 is 4.96. The second-order valence-electron chi connectivity index (χ2n) is 5.89. The molecule has 1 fully saturated rings. The molecule has 8 nitrogen and oxygen atoms in total. The number of hydrogen-bond donors (Lipinski definition) is 2. The quantitative estimate of drug-likeness (QED) is 0.864. The van der Waals surface area contributed by atoms with Crippen molar-refractivity contribution in [1.82, 2.24) is 9.88 Å². The zero-order valence-corrected chi connectivity index (χ0v) is 14.7. The predicted octanol–water partition coefficient (Wildman–Crippen LogP) is 1.86. The highest BCUT2D eigenvalue weighted by atomic mass is 32.1. The molecule has 1 aliphatic rings. The summed E-state index contributed by atoms with van der Waals surface area (Å²) in [6.45, 7) is 3.98. The van der Waals surface area contributed by atoms with Gasteiger partial charge >= 0.3 is 11.7 Å². The lowest BCUT2D eigenvalue weighted by molar-refractivity contribution is -0.121. The van der Waals surface area contributed by atoms with Crippen LogP contribution in [-0.2, 0) is 4.79 Å². The average Bonchev–Trinajstić information content (AvgIpc) is 3.13. The van der Waals surface area contributed by atoms with Crippen molar-refractivity contribution in [2.75, 3.05) is 11.9 Å². The van der Waals surface area contributed by atoms with Crippen molar-refractivity contribution in [1.29, 1.82) is 0 Å². The van der Waals surface area contributed by atoms with Gasteiger partial charge in [-0.3, -0.25) is 10.1 Å². The number of nitrogens with two attached hydrogens (primary N) is 1. The molecule has 0 bridgehead atoms. The summed E-state index contributed by atoms with van der Waals surface area (Å²) >= 11 is 1.26. The third kappa shape index (κ3) is 3.55. The number of rotatable bonds is 3. The summed E-state index contributed by atoms with van der Waals surface area (Å²) in [6, 6.07) is 2.16. The van der Waals surface area contributed by atoms with E-state index < -0.39 is 23.6 Å². The van der Waals surface area contributed by atoms with Crippen molar-refractivity contribution < 1.29 is 14.0 Å². The minimum absolute atomic E-state index is 0.398. The lowest BCUT2D eigenvalue weighted by Gasteiger charge is -2.21. The molecule has 1 aliphatic heterocycles. The highest BCUT2D eigenvalue weighted by Gasteiger charge is 2.33. The standard InChI is InChI=1S/C16H18N4O4S/c1-8-6-10(7-12(21)24-8)13-9(2)18-15(25-13)19-16(23)20-5-3-4-11(20)14(17)22/h6-7,11H,3-5H2,1-2H3,(H2,17,22)(H,18,19,23)/t11-/m0/s1. The molecule has 0 aliphatic carbocycles. The Morgan fingerprint density at radius 3 is 2.84 bits per heavy atom. The molecule has 1 atom stereocenters. The first-order valence-electron chi connectivity index (χ1n) is 7.81. The van der Waals surface area contributed by atoms with Crippen LogP contribution in [0.3, 0.4) is 0 Å². The number of urea groups is 1. The van der Waals surface area contributed by atoms with Crippen LogP contribution < -0.4 is 16.7 Å². The zero-order valence-electron chi connectivity index (χ0n) is 13.9. The Kier molecular flexibility index (Phi) is 4.58. The molecule has 1 saturated heterocycles. The molecule has 132 valence electrons. The van der Waals surface area contributed by atoms with Gasteiger partial charge in [0.25, 0.3) is 0 Å². The zero-order chi connectivity index (χ0) is 18.1. The Labute approximate surface area is 147 Å². The Hall–Kier alpha value is -2.68. The van der Waals surface area contributed by atoms with Gasteiger partial charge in [-0.05, 0) is 32.8 Å². The monoisotopic (exact) mass is 362 g/mol. The molecule has 2 aromatic heterocycles. The number of carbonyl (C=O) groups excluding carboxylic acids is 2. The van der Waals surface area contributed by atoms with Crippen molar-refractivity contribution in [2.24, 2.45) is 5.73 Å². The molecule has 0 unspecified atom stereocenters. The lowest BCUT2D eigenvalue weighted by Crippen LogP contribution is -2.45. The van der Waals surface area contributed by atoms with Crippen LogP contribution >= 0.6 is 11.3 Å². The molecule has 3 amide bonds. The summed E-state index contributed by atoms with van der Waals surface area (Å²) in [7, 11) is 0. The number of amides is 3. The minimum Gasteiger partial charge on any atom is -0.428 e. The van der Waals surface area contributed by atoms with Crippen molar-refractivity contribution in [2.45, 2.75) is 32.7 Å². The summed E-state index contributed by atoms with van der Waals surface area (Å²) in [4.78, 5) is 41.9. The van der Waals surface area contributed by atoms with Crippen LogP contribution in [-0.4, -0.2) is 34.4 Å². The predicted molar refractivity (Wildman–Crippen MR) is 93.5 cm³/mol. The van der Waals surface area contributed by atoms with Gasteiger partial charge in [0, 0.05) is 18.2 Å². The van der Waals surface area contributed by atoms with Gasteiger partial charge in [0.15, 0.2) is 5.13 Å². The molecular formula is C16H18N4O4S. The van der Waals surface area contributed by atoms with Crippen molar-refractivity contribution in [3.8, 4) is 10.4 Å². The van der Waals surface area contributed by atoms with Gasteiger partial charge in [-0.2, -0.15) is 0 Å². The number of hydrogen-bond acceptors (Lipinski definition) is 6. The second kappa shape index (κ2) is 6.67. The van der Waals surface area contributed by atoms with E-state index in [0.717, 1.165) is 11.3 Å². The molecule has 3 heterocycles. The smallest absolute Gasteiger partial charge is 0.336 e. The Morgan fingerprint density at radius 2 is 2.16 bits per heavy atom. The van der Waals surface area contributed by atoms with E-state index in [1.54, 1.807) is 19.9 Å². The highest BCUT2D eigenvalue weighted by molar-refractivity contribution is 7.19. The molecule has 3 rings (SSSR count). The fourth-order valence-corrected chi connectivity index (χ4v) is 3.87. The van der Waals surface area contributed by atoms with E-state index >= 15 is 0 Å². The van der Waals surface area contributed by atoms with E-state index in [1.165, 1.54) is 22.3 Å². The Balaban J connectivity index is 1.82. The number of carbonyl (C=O) groups is 2. The van der Waals surface area contributed by atoms with E-state index in [4.69, 9.17) is 10.2 Å². The van der Waals surface area contributed by atoms with Gasteiger partial charge in [-0.25, -0.2) is 14.6 Å². The van der Waals surface area contributed by atoms with Crippen LogP contribution in [0.5, 0.6) is 0 Å². The van der Waals surface area contributed by atoms with Crippen LogP contribution in [0.25, 0.3) is 10.4 Å². The fraction of sp³-hybridized carbons (Fsp3) is 0.375. The van der Waals surface area contributed by atoms with Crippen LogP contribution in [0, 0.1) is 13.8 Å². The van der Waals surface area contributed by atoms with Crippen molar-refractivity contribution in [3.05, 3.63) is 34.0 Å². The van der Waals surface area contributed by atoms with Gasteiger partial charge in [0.05, 0.1) is 10.6 Å². The van der Waals surface area contributed by atoms with Crippen molar-refractivity contribution >= 4 is 28.4 Å². The van der Waals surface area contributed by atoms with E-state index in [9.17, 15) is 14.4 Å². The number of likely N-dealkylation sites (tertiary alicyclic amines) is 1. The van der Waals surface area contributed by atoms with E-state index in [0.29, 0.717) is 35.1 Å². The van der Waals surface area contributed by atoms with E-state index in [2.05, 4.69) is 10.3 Å². The maximum atomic E-state index is 12.4.